The molecule has 1 heterocycles. The third-order valence-electron chi connectivity index (χ3n) is 3.89. The SMILES string of the molecule is CC(C)CC(=O)N1CCC(Nc2ccc(C#N)c(Cl)c2)CC1. The van der Waals surface area contributed by atoms with Gasteiger partial charge in [0, 0.05) is 31.2 Å². The number of benzene rings is 1. The number of nitrogens with zero attached hydrogens (tertiary/aromatic N) is 2. The largest absolute Gasteiger partial charge is 0.382 e. The standard InChI is InChI=1S/C17H22ClN3O/c1-12(2)9-17(22)21-7-5-14(6-8-21)20-15-4-3-13(11-19)16(18)10-15/h3-4,10,12,14,20H,5-9H2,1-2H3. The van der Waals surface area contributed by atoms with Gasteiger partial charge in [0.05, 0.1) is 10.6 Å². The molecule has 4 nitrogen and oxygen atoms in total. The molecule has 0 unspecified atom stereocenters. The number of nitrogens with one attached hydrogen (secondary N) is 1. The van der Waals surface area contributed by atoms with Crippen LogP contribution in [0.3, 0.4) is 0 Å². The van der Waals surface area contributed by atoms with E-state index in [-0.39, 0.29) is 5.91 Å². The summed E-state index contributed by atoms with van der Waals surface area (Å²) in [6.07, 6.45) is 2.49. The van der Waals surface area contributed by atoms with Crippen LogP contribution in [0.5, 0.6) is 0 Å². The van der Waals surface area contributed by atoms with Crippen LogP contribution in [0.1, 0.15) is 38.7 Å². The van der Waals surface area contributed by atoms with E-state index in [0.717, 1.165) is 31.6 Å². The number of carbonyl (C=O) groups is 1. The molecule has 1 aromatic carbocycles. The second-order valence-corrected chi connectivity index (χ2v) is 6.61. The van der Waals surface area contributed by atoms with Crippen LogP contribution < -0.4 is 5.32 Å². The molecule has 1 saturated heterocycles. The molecule has 0 aromatic heterocycles. The third kappa shape index (κ3) is 4.38. The lowest BCUT2D eigenvalue weighted by Crippen LogP contribution is -2.42. The number of nitriles is 1. The van der Waals surface area contributed by atoms with E-state index in [0.29, 0.717) is 29.0 Å². The lowest BCUT2D eigenvalue weighted by molar-refractivity contribution is -0.132. The first-order valence-electron chi connectivity index (χ1n) is 7.73. The van der Waals surface area contributed by atoms with E-state index < -0.39 is 0 Å². The van der Waals surface area contributed by atoms with Gasteiger partial charge in [-0.15, -0.1) is 0 Å². The fourth-order valence-electron chi connectivity index (χ4n) is 2.68. The Balaban J connectivity index is 1.86. The predicted octanol–water partition coefficient (Wildman–Crippen LogP) is 3.66. The number of likely N-dealkylation sites (tertiary alicyclic amines) is 1. The number of piperidine rings is 1. The zero-order valence-electron chi connectivity index (χ0n) is 13.1. The van der Waals surface area contributed by atoms with Crippen LogP contribution in [0.4, 0.5) is 5.69 Å². The Hall–Kier alpha value is -1.73. The number of anilines is 1. The zero-order chi connectivity index (χ0) is 16.1. The molecular formula is C17H22ClN3O. The number of carbonyl (C=O) groups excluding carboxylic acids is 1. The summed E-state index contributed by atoms with van der Waals surface area (Å²) in [4.78, 5) is 14.0. The Morgan fingerprint density at radius 3 is 2.68 bits per heavy atom. The second kappa shape index (κ2) is 7.51. The van der Waals surface area contributed by atoms with Gasteiger partial charge in [0.25, 0.3) is 0 Å². The first-order valence-corrected chi connectivity index (χ1v) is 8.11. The summed E-state index contributed by atoms with van der Waals surface area (Å²) >= 11 is 6.04. The fraction of sp³-hybridized carbons (Fsp3) is 0.529. The van der Waals surface area contributed by atoms with Crippen molar-refractivity contribution in [1.29, 1.82) is 5.26 Å². The van der Waals surface area contributed by atoms with Crippen LogP contribution in [0.25, 0.3) is 0 Å². The van der Waals surface area contributed by atoms with Crippen molar-refractivity contribution in [2.45, 2.75) is 39.2 Å². The van der Waals surface area contributed by atoms with Crippen LogP contribution >= 0.6 is 11.6 Å². The van der Waals surface area contributed by atoms with Crippen molar-refractivity contribution < 1.29 is 4.79 Å². The molecule has 0 saturated carbocycles. The summed E-state index contributed by atoms with van der Waals surface area (Å²) in [5, 5.41) is 12.8. The maximum atomic E-state index is 12.0. The second-order valence-electron chi connectivity index (χ2n) is 6.20. The highest BCUT2D eigenvalue weighted by atomic mass is 35.5. The predicted molar refractivity (Wildman–Crippen MR) is 88.8 cm³/mol. The summed E-state index contributed by atoms with van der Waals surface area (Å²) in [6, 6.07) is 7.79. The average molecular weight is 320 g/mol. The van der Waals surface area contributed by atoms with Crippen molar-refractivity contribution >= 4 is 23.2 Å². The summed E-state index contributed by atoms with van der Waals surface area (Å²) in [7, 11) is 0. The van der Waals surface area contributed by atoms with Gasteiger partial charge in [-0.3, -0.25) is 4.79 Å². The molecule has 1 aromatic rings. The smallest absolute Gasteiger partial charge is 0.222 e. The molecule has 1 N–H and O–H groups in total. The van der Waals surface area contributed by atoms with Gasteiger partial charge in [0.15, 0.2) is 0 Å². The maximum absolute atomic E-state index is 12.0. The molecule has 118 valence electrons. The number of amides is 1. The highest BCUT2D eigenvalue weighted by molar-refractivity contribution is 6.32. The monoisotopic (exact) mass is 319 g/mol. The minimum absolute atomic E-state index is 0.259. The molecule has 1 aliphatic rings. The zero-order valence-corrected chi connectivity index (χ0v) is 13.9. The molecule has 0 radical (unpaired) electrons. The molecule has 0 aliphatic carbocycles. The number of hydrogen-bond donors (Lipinski definition) is 1. The Morgan fingerprint density at radius 2 is 2.14 bits per heavy atom. The molecule has 2 rings (SSSR count). The lowest BCUT2D eigenvalue weighted by Gasteiger charge is -2.33. The van der Waals surface area contributed by atoms with E-state index >= 15 is 0 Å². The van der Waals surface area contributed by atoms with E-state index in [1.807, 2.05) is 11.0 Å². The third-order valence-corrected chi connectivity index (χ3v) is 4.20. The molecule has 1 fully saturated rings. The van der Waals surface area contributed by atoms with Gasteiger partial charge >= 0.3 is 0 Å². The highest BCUT2D eigenvalue weighted by Gasteiger charge is 2.23. The van der Waals surface area contributed by atoms with Crippen molar-refractivity contribution in [1.82, 2.24) is 4.90 Å². The van der Waals surface area contributed by atoms with Gasteiger partial charge in [-0.1, -0.05) is 25.4 Å². The molecule has 1 amide bonds. The van der Waals surface area contributed by atoms with Crippen LogP contribution in [0.15, 0.2) is 18.2 Å². The van der Waals surface area contributed by atoms with Crippen molar-refractivity contribution in [2.24, 2.45) is 5.92 Å². The van der Waals surface area contributed by atoms with Gasteiger partial charge in [-0.05, 0) is 37.0 Å². The van der Waals surface area contributed by atoms with Crippen LogP contribution in [-0.4, -0.2) is 29.9 Å². The normalized spacial score (nSPS) is 15.7. The summed E-state index contributed by atoms with van der Waals surface area (Å²) < 4.78 is 0. The molecule has 0 spiro atoms. The van der Waals surface area contributed by atoms with Crippen molar-refractivity contribution in [3.05, 3.63) is 28.8 Å². The molecule has 0 bridgehead atoms. The van der Waals surface area contributed by atoms with E-state index in [4.69, 9.17) is 16.9 Å². The fourth-order valence-corrected chi connectivity index (χ4v) is 2.91. The molecular weight excluding hydrogens is 298 g/mol. The summed E-state index contributed by atoms with van der Waals surface area (Å²) in [5.41, 5.74) is 1.41. The topological polar surface area (TPSA) is 56.1 Å². The van der Waals surface area contributed by atoms with E-state index in [9.17, 15) is 4.79 Å². The Labute approximate surface area is 137 Å². The van der Waals surface area contributed by atoms with Crippen molar-refractivity contribution in [3.8, 4) is 6.07 Å². The quantitative estimate of drug-likeness (QED) is 0.921. The van der Waals surface area contributed by atoms with Crippen LogP contribution in [0.2, 0.25) is 5.02 Å². The minimum atomic E-state index is 0.259. The number of halogens is 1. The van der Waals surface area contributed by atoms with Crippen molar-refractivity contribution in [2.75, 3.05) is 18.4 Å². The van der Waals surface area contributed by atoms with Gasteiger partial charge in [-0.2, -0.15) is 5.26 Å². The Kier molecular flexibility index (Phi) is 5.68. The van der Waals surface area contributed by atoms with E-state index in [1.54, 1.807) is 12.1 Å². The molecule has 5 heteroatoms. The van der Waals surface area contributed by atoms with Crippen molar-refractivity contribution in [3.63, 3.8) is 0 Å². The molecule has 1 aliphatic heterocycles. The maximum Gasteiger partial charge on any atom is 0.222 e. The Bertz CT molecular complexity index is 572. The van der Waals surface area contributed by atoms with E-state index in [1.165, 1.54) is 0 Å². The van der Waals surface area contributed by atoms with Gasteiger partial charge in [0.1, 0.15) is 6.07 Å². The highest BCUT2D eigenvalue weighted by Crippen LogP contribution is 2.23. The van der Waals surface area contributed by atoms with Crippen LogP contribution in [-0.2, 0) is 4.79 Å². The first kappa shape index (κ1) is 16.6. The summed E-state index contributed by atoms with van der Waals surface area (Å²) in [6.45, 7) is 5.74. The summed E-state index contributed by atoms with van der Waals surface area (Å²) in [5.74, 6) is 0.666. The van der Waals surface area contributed by atoms with Gasteiger partial charge < -0.3 is 10.2 Å². The van der Waals surface area contributed by atoms with Gasteiger partial charge in [-0.25, -0.2) is 0 Å². The van der Waals surface area contributed by atoms with E-state index in [2.05, 4.69) is 25.2 Å². The molecule has 22 heavy (non-hydrogen) atoms. The average Bonchev–Trinajstić information content (AvgIpc) is 2.47. The first-order chi connectivity index (χ1) is 10.5. The molecule has 0 atom stereocenters. The lowest BCUT2D eigenvalue weighted by atomic mass is 10.0. The number of rotatable bonds is 4. The number of hydrogen-bond acceptors (Lipinski definition) is 3. The minimum Gasteiger partial charge on any atom is -0.382 e. The van der Waals surface area contributed by atoms with Crippen LogP contribution in [0, 0.1) is 17.2 Å². The Morgan fingerprint density at radius 1 is 1.45 bits per heavy atom. The van der Waals surface area contributed by atoms with Gasteiger partial charge in [0.2, 0.25) is 5.91 Å².